The number of methoxy groups -OCH3 is 1. The maximum Gasteiger partial charge on any atom is 0.312 e. The van der Waals surface area contributed by atoms with E-state index in [2.05, 4.69) is 49.6 Å². The number of rotatable bonds is 3. The van der Waals surface area contributed by atoms with Crippen molar-refractivity contribution < 1.29 is 9.53 Å². The molecule has 2 aliphatic rings. The van der Waals surface area contributed by atoms with Crippen molar-refractivity contribution in [3.8, 4) is 0 Å². The molecule has 2 nitrogen and oxygen atoms in total. The summed E-state index contributed by atoms with van der Waals surface area (Å²) in [7, 11) is 0.211. The SMILES string of the molecule is COC(=O)C1(C2C=CC=CC2=C[Si](C)(C)C)CC1. The molecule has 98 valence electrons. The monoisotopic (exact) mass is 262 g/mol. The molecule has 2 rings (SSSR count). The topological polar surface area (TPSA) is 26.3 Å². The highest BCUT2D eigenvalue weighted by Gasteiger charge is 2.56. The van der Waals surface area contributed by atoms with E-state index < -0.39 is 8.07 Å². The fourth-order valence-electron chi connectivity index (χ4n) is 2.68. The lowest BCUT2D eigenvalue weighted by Crippen LogP contribution is -2.29. The van der Waals surface area contributed by atoms with E-state index in [9.17, 15) is 4.79 Å². The molecule has 18 heavy (non-hydrogen) atoms. The Morgan fingerprint density at radius 1 is 1.39 bits per heavy atom. The summed E-state index contributed by atoms with van der Waals surface area (Å²) in [5, 5.41) is 0. The minimum atomic E-state index is -1.28. The Bertz CT molecular complexity index is 434. The third-order valence-electron chi connectivity index (χ3n) is 3.64. The Balaban J connectivity index is 2.32. The zero-order valence-electron chi connectivity index (χ0n) is 11.7. The molecular formula is C15H22O2Si. The van der Waals surface area contributed by atoms with Crippen molar-refractivity contribution in [3.63, 3.8) is 0 Å². The van der Waals surface area contributed by atoms with Gasteiger partial charge in [-0.2, -0.15) is 0 Å². The Kier molecular flexibility index (Phi) is 3.36. The highest BCUT2D eigenvalue weighted by Crippen LogP contribution is 2.56. The third-order valence-corrected chi connectivity index (χ3v) is 4.84. The zero-order valence-corrected chi connectivity index (χ0v) is 12.7. The van der Waals surface area contributed by atoms with Crippen LogP contribution in [0.4, 0.5) is 0 Å². The van der Waals surface area contributed by atoms with Crippen LogP contribution < -0.4 is 0 Å². The van der Waals surface area contributed by atoms with Gasteiger partial charge >= 0.3 is 5.97 Å². The fraction of sp³-hybridized carbons (Fsp3) is 0.533. The first kappa shape index (κ1) is 13.3. The zero-order chi connectivity index (χ0) is 13.4. The summed E-state index contributed by atoms with van der Waals surface area (Å²) in [6, 6.07) is 0. The van der Waals surface area contributed by atoms with Gasteiger partial charge in [-0.1, -0.05) is 49.6 Å². The molecule has 2 aliphatic carbocycles. The number of ether oxygens (including phenoxy) is 1. The second-order valence-corrected chi connectivity index (χ2v) is 11.4. The molecule has 1 saturated carbocycles. The van der Waals surface area contributed by atoms with Crippen molar-refractivity contribution in [1.29, 1.82) is 0 Å². The Hall–Kier alpha value is -1.09. The smallest absolute Gasteiger partial charge is 0.312 e. The molecule has 1 atom stereocenters. The maximum absolute atomic E-state index is 12.0. The van der Waals surface area contributed by atoms with Gasteiger partial charge in [0.2, 0.25) is 0 Å². The molecule has 0 spiro atoms. The summed E-state index contributed by atoms with van der Waals surface area (Å²) < 4.78 is 5.00. The molecule has 0 bridgehead atoms. The van der Waals surface area contributed by atoms with E-state index in [-0.39, 0.29) is 17.3 Å². The molecule has 0 aromatic rings. The predicted octanol–water partition coefficient (Wildman–Crippen LogP) is 3.49. The van der Waals surface area contributed by atoms with Gasteiger partial charge in [0, 0.05) is 5.92 Å². The van der Waals surface area contributed by atoms with Crippen LogP contribution in [0.15, 0.2) is 35.6 Å². The summed E-state index contributed by atoms with van der Waals surface area (Å²) in [5.74, 6) is 0.163. The molecule has 3 heteroatoms. The van der Waals surface area contributed by atoms with E-state index in [1.165, 1.54) is 12.7 Å². The normalized spacial score (nSPS) is 27.3. The highest BCUT2D eigenvalue weighted by atomic mass is 28.3. The molecule has 0 heterocycles. The van der Waals surface area contributed by atoms with Gasteiger partial charge in [0.05, 0.1) is 20.6 Å². The lowest BCUT2D eigenvalue weighted by molar-refractivity contribution is -0.148. The quantitative estimate of drug-likeness (QED) is 0.575. The number of hydrogen-bond donors (Lipinski definition) is 0. The summed E-state index contributed by atoms with van der Waals surface area (Å²) >= 11 is 0. The average Bonchev–Trinajstić information content (AvgIpc) is 3.08. The third kappa shape index (κ3) is 2.51. The molecule has 1 unspecified atom stereocenters. The van der Waals surface area contributed by atoms with Crippen LogP contribution in [0.1, 0.15) is 12.8 Å². The van der Waals surface area contributed by atoms with Crippen LogP contribution in [0.2, 0.25) is 19.6 Å². The summed E-state index contributed by atoms with van der Waals surface area (Å²) in [6.45, 7) is 6.96. The fourth-order valence-corrected chi connectivity index (χ4v) is 3.95. The minimum Gasteiger partial charge on any atom is -0.469 e. The molecule has 0 radical (unpaired) electrons. The van der Waals surface area contributed by atoms with Gasteiger partial charge in [-0.25, -0.2) is 0 Å². The van der Waals surface area contributed by atoms with Gasteiger partial charge in [-0.3, -0.25) is 4.79 Å². The molecule has 1 fully saturated rings. The van der Waals surface area contributed by atoms with E-state index in [0.29, 0.717) is 0 Å². The maximum atomic E-state index is 12.0. The van der Waals surface area contributed by atoms with Crippen LogP contribution in [0.3, 0.4) is 0 Å². The van der Waals surface area contributed by atoms with E-state index in [4.69, 9.17) is 4.74 Å². The van der Waals surface area contributed by atoms with Gasteiger partial charge in [-0.05, 0) is 18.4 Å². The van der Waals surface area contributed by atoms with Gasteiger partial charge < -0.3 is 4.74 Å². The van der Waals surface area contributed by atoms with Crippen molar-refractivity contribution in [1.82, 2.24) is 0 Å². The molecule has 0 aliphatic heterocycles. The Labute approximate surface area is 110 Å². The summed E-state index contributed by atoms with van der Waals surface area (Å²) in [4.78, 5) is 12.0. The van der Waals surface area contributed by atoms with E-state index in [1.54, 1.807) is 0 Å². The lowest BCUT2D eigenvalue weighted by Gasteiger charge is -2.27. The van der Waals surface area contributed by atoms with Gasteiger partial charge in [0.15, 0.2) is 0 Å². The minimum absolute atomic E-state index is 0.0473. The molecule has 0 saturated heterocycles. The van der Waals surface area contributed by atoms with Gasteiger partial charge in [0.1, 0.15) is 0 Å². The summed E-state index contributed by atoms with van der Waals surface area (Å²) in [5.41, 5.74) is 3.43. The Morgan fingerprint density at radius 2 is 2.06 bits per heavy atom. The molecular weight excluding hydrogens is 240 g/mol. The van der Waals surface area contributed by atoms with Crippen LogP contribution in [0.5, 0.6) is 0 Å². The largest absolute Gasteiger partial charge is 0.469 e. The highest BCUT2D eigenvalue weighted by molar-refractivity contribution is 6.81. The number of esters is 1. The number of carbonyl (C=O) groups is 1. The van der Waals surface area contributed by atoms with Crippen LogP contribution in [0.25, 0.3) is 0 Å². The second-order valence-electron chi connectivity index (χ2n) is 6.38. The standard InChI is InChI=1S/C15H22O2Si/c1-17-14(16)15(9-10-15)13-8-6-5-7-12(13)11-18(2,3)4/h5-8,11,13H,9-10H2,1-4H3. The molecule has 0 aromatic carbocycles. The second kappa shape index (κ2) is 4.54. The van der Waals surface area contributed by atoms with Gasteiger partial charge in [0.25, 0.3) is 0 Å². The van der Waals surface area contributed by atoms with Crippen molar-refractivity contribution in [3.05, 3.63) is 35.6 Å². The van der Waals surface area contributed by atoms with E-state index >= 15 is 0 Å². The first-order chi connectivity index (χ1) is 8.39. The number of allylic oxidation sites excluding steroid dienone is 5. The lowest BCUT2D eigenvalue weighted by atomic mass is 9.81. The number of carbonyl (C=O) groups excluding carboxylic acids is 1. The van der Waals surface area contributed by atoms with Crippen LogP contribution in [-0.2, 0) is 9.53 Å². The van der Waals surface area contributed by atoms with Crippen LogP contribution in [0, 0.1) is 11.3 Å². The Morgan fingerprint density at radius 3 is 2.56 bits per heavy atom. The van der Waals surface area contributed by atoms with E-state index in [1.807, 2.05) is 0 Å². The average molecular weight is 262 g/mol. The van der Waals surface area contributed by atoms with Crippen molar-refractivity contribution in [2.24, 2.45) is 11.3 Å². The predicted molar refractivity (Wildman–Crippen MR) is 76.9 cm³/mol. The van der Waals surface area contributed by atoms with Gasteiger partial charge in [-0.15, -0.1) is 0 Å². The van der Waals surface area contributed by atoms with E-state index in [0.717, 1.165) is 12.8 Å². The first-order valence-electron chi connectivity index (χ1n) is 6.55. The first-order valence-corrected chi connectivity index (χ1v) is 10.1. The molecule has 0 amide bonds. The van der Waals surface area contributed by atoms with Crippen molar-refractivity contribution in [2.45, 2.75) is 32.5 Å². The molecule has 0 aromatic heterocycles. The van der Waals surface area contributed by atoms with Crippen LogP contribution >= 0.6 is 0 Å². The number of hydrogen-bond acceptors (Lipinski definition) is 2. The van der Waals surface area contributed by atoms with Crippen molar-refractivity contribution >= 4 is 14.0 Å². The molecule has 0 N–H and O–H groups in total. The van der Waals surface area contributed by atoms with Crippen LogP contribution in [-0.4, -0.2) is 21.2 Å². The summed E-state index contributed by atoms with van der Waals surface area (Å²) in [6.07, 6.45) is 10.3. The van der Waals surface area contributed by atoms with Crippen molar-refractivity contribution in [2.75, 3.05) is 7.11 Å².